The Morgan fingerprint density at radius 1 is 1.60 bits per heavy atom. The van der Waals surface area contributed by atoms with Gasteiger partial charge in [0, 0.05) is 13.2 Å². The normalized spacial score (nSPS) is 19.3. The van der Waals surface area contributed by atoms with Crippen molar-refractivity contribution in [3.63, 3.8) is 0 Å². The number of aromatic nitrogens is 2. The molecule has 1 fully saturated rings. The molecule has 0 spiro atoms. The zero-order valence-electron chi connectivity index (χ0n) is 8.94. The second-order valence-corrected chi connectivity index (χ2v) is 4.49. The maximum atomic E-state index is 11.3. The minimum atomic E-state index is -0.649. The molecule has 0 aliphatic heterocycles. The van der Waals surface area contributed by atoms with Crippen LogP contribution in [0.1, 0.15) is 31.2 Å². The quantitative estimate of drug-likeness (QED) is 0.821. The van der Waals surface area contributed by atoms with Gasteiger partial charge < -0.3 is 5.11 Å². The van der Waals surface area contributed by atoms with E-state index in [2.05, 4.69) is 5.10 Å². The summed E-state index contributed by atoms with van der Waals surface area (Å²) in [5, 5.41) is 13.4. The predicted molar refractivity (Wildman–Crippen MR) is 55.4 cm³/mol. The van der Waals surface area contributed by atoms with Crippen molar-refractivity contribution in [2.45, 2.75) is 32.1 Å². The maximum Gasteiger partial charge on any atom is 0.309 e. The Kier molecular flexibility index (Phi) is 2.50. The van der Waals surface area contributed by atoms with E-state index in [1.807, 2.05) is 13.2 Å². The van der Waals surface area contributed by atoms with Crippen LogP contribution in [0.3, 0.4) is 0 Å². The van der Waals surface area contributed by atoms with Crippen LogP contribution in [0.2, 0.25) is 0 Å². The first kappa shape index (κ1) is 10.2. The first-order valence-electron chi connectivity index (χ1n) is 5.33. The number of aliphatic carboxylic acids is 1. The summed E-state index contributed by atoms with van der Waals surface area (Å²) in [4.78, 5) is 11.3. The van der Waals surface area contributed by atoms with E-state index in [0.717, 1.165) is 31.2 Å². The summed E-state index contributed by atoms with van der Waals surface area (Å²) < 4.78 is 1.72. The van der Waals surface area contributed by atoms with E-state index >= 15 is 0 Å². The van der Waals surface area contributed by atoms with Gasteiger partial charge in [-0.05, 0) is 24.8 Å². The van der Waals surface area contributed by atoms with Crippen molar-refractivity contribution < 1.29 is 9.90 Å². The lowest BCUT2D eigenvalue weighted by Crippen LogP contribution is -2.30. The summed E-state index contributed by atoms with van der Waals surface area (Å²) in [7, 11) is 1.85. The number of carboxylic acids is 1. The molecule has 1 heterocycles. The molecule has 2 rings (SSSR count). The number of hydrogen-bond donors (Lipinski definition) is 1. The molecule has 0 amide bonds. The summed E-state index contributed by atoms with van der Waals surface area (Å²) in [5.74, 6) is -0.649. The molecule has 1 aromatic heterocycles. The molecule has 1 N–H and O–H groups in total. The number of carbonyl (C=O) groups is 1. The van der Waals surface area contributed by atoms with Crippen molar-refractivity contribution in [3.8, 4) is 0 Å². The third-order valence-electron chi connectivity index (χ3n) is 3.32. The van der Waals surface area contributed by atoms with Gasteiger partial charge in [0.05, 0.1) is 11.6 Å². The Hall–Kier alpha value is -1.32. The number of rotatable bonds is 3. The molecule has 4 nitrogen and oxygen atoms in total. The van der Waals surface area contributed by atoms with Gasteiger partial charge in [0.25, 0.3) is 0 Å². The Labute approximate surface area is 88.9 Å². The van der Waals surface area contributed by atoms with E-state index < -0.39 is 11.4 Å². The van der Waals surface area contributed by atoms with Crippen LogP contribution in [-0.2, 0) is 18.3 Å². The summed E-state index contributed by atoms with van der Waals surface area (Å²) in [6, 6.07) is 0. The Balaban J connectivity index is 2.17. The highest BCUT2D eigenvalue weighted by molar-refractivity contribution is 5.75. The number of aryl methyl sites for hydroxylation is 1. The Bertz CT molecular complexity index is 364. The fourth-order valence-corrected chi connectivity index (χ4v) is 2.47. The van der Waals surface area contributed by atoms with Gasteiger partial charge in [0.2, 0.25) is 0 Å². The van der Waals surface area contributed by atoms with Gasteiger partial charge in [-0.1, -0.05) is 12.8 Å². The molecule has 1 aliphatic rings. The first-order valence-corrected chi connectivity index (χ1v) is 5.33. The van der Waals surface area contributed by atoms with Crippen LogP contribution in [0.4, 0.5) is 0 Å². The van der Waals surface area contributed by atoms with Crippen molar-refractivity contribution in [2.24, 2.45) is 12.5 Å². The predicted octanol–water partition coefficient (Wildman–Crippen LogP) is 1.61. The fourth-order valence-electron chi connectivity index (χ4n) is 2.47. The van der Waals surface area contributed by atoms with Crippen LogP contribution in [0.25, 0.3) is 0 Å². The van der Waals surface area contributed by atoms with Gasteiger partial charge in [-0.15, -0.1) is 0 Å². The van der Waals surface area contributed by atoms with Gasteiger partial charge in [-0.3, -0.25) is 9.48 Å². The Morgan fingerprint density at radius 2 is 2.27 bits per heavy atom. The fraction of sp³-hybridized carbons (Fsp3) is 0.636. The summed E-state index contributed by atoms with van der Waals surface area (Å²) >= 11 is 0. The number of nitrogens with zero attached hydrogens (tertiary/aromatic N) is 2. The zero-order valence-corrected chi connectivity index (χ0v) is 8.94. The standard InChI is InChI=1S/C11H16N2O2/c1-13-8-9(7-12-13)6-11(10(14)15)4-2-3-5-11/h7-8H,2-6H2,1H3,(H,14,15). The molecular formula is C11H16N2O2. The third kappa shape index (κ3) is 1.89. The minimum absolute atomic E-state index is 0.525. The SMILES string of the molecule is Cn1cc(CC2(C(=O)O)CCCC2)cn1. The lowest BCUT2D eigenvalue weighted by Gasteiger charge is -2.22. The molecule has 0 saturated heterocycles. The maximum absolute atomic E-state index is 11.3. The van der Waals surface area contributed by atoms with Gasteiger partial charge >= 0.3 is 5.97 Å². The average molecular weight is 208 g/mol. The largest absolute Gasteiger partial charge is 0.481 e. The zero-order chi connectivity index (χ0) is 10.9. The van der Waals surface area contributed by atoms with Crippen LogP contribution in [0.15, 0.2) is 12.4 Å². The molecule has 1 saturated carbocycles. The highest BCUT2D eigenvalue weighted by atomic mass is 16.4. The van der Waals surface area contributed by atoms with Crippen LogP contribution in [0.5, 0.6) is 0 Å². The molecule has 0 bridgehead atoms. The van der Waals surface area contributed by atoms with Gasteiger partial charge in [0.1, 0.15) is 0 Å². The van der Waals surface area contributed by atoms with Gasteiger partial charge in [0.15, 0.2) is 0 Å². The number of carboxylic acid groups (broad SMARTS) is 1. The van der Waals surface area contributed by atoms with Crippen LogP contribution in [0, 0.1) is 5.41 Å². The van der Waals surface area contributed by atoms with Crippen LogP contribution >= 0.6 is 0 Å². The van der Waals surface area contributed by atoms with E-state index in [-0.39, 0.29) is 0 Å². The second-order valence-electron chi connectivity index (χ2n) is 4.49. The van der Waals surface area contributed by atoms with E-state index in [1.165, 1.54) is 0 Å². The topological polar surface area (TPSA) is 55.1 Å². The molecule has 0 aromatic carbocycles. The van der Waals surface area contributed by atoms with Crippen molar-refractivity contribution in [1.29, 1.82) is 0 Å². The summed E-state index contributed by atoms with van der Waals surface area (Å²) in [5.41, 5.74) is 0.505. The van der Waals surface area contributed by atoms with Gasteiger partial charge in [-0.25, -0.2) is 0 Å². The molecule has 4 heteroatoms. The highest BCUT2D eigenvalue weighted by Gasteiger charge is 2.41. The first-order chi connectivity index (χ1) is 7.12. The van der Waals surface area contributed by atoms with E-state index in [0.29, 0.717) is 6.42 Å². The summed E-state index contributed by atoms with van der Waals surface area (Å²) in [6.45, 7) is 0. The molecule has 1 aliphatic carbocycles. The summed E-state index contributed by atoms with van der Waals surface area (Å²) in [6.07, 6.45) is 7.97. The molecule has 0 unspecified atom stereocenters. The molecule has 0 atom stereocenters. The number of hydrogen-bond acceptors (Lipinski definition) is 2. The van der Waals surface area contributed by atoms with Crippen molar-refractivity contribution in [2.75, 3.05) is 0 Å². The van der Waals surface area contributed by atoms with Crippen molar-refractivity contribution in [3.05, 3.63) is 18.0 Å². The van der Waals surface area contributed by atoms with Crippen molar-refractivity contribution >= 4 is 5.97 Å². The van der Waals surface area contributed by atoms with Crippen molar-refractivity contribution in [1.82, 2.24) is 9.78 Å². The van der Waals surface area contributed by atoms with Crippen LogP contribution < -0.4 is 0 Å². The molecule has 15 heavy (non-hydrogen) atoms. The molecule has 82 valence electrons. The lowest BCUT2D eigenvalue weighted by atomic mass is 9.81. The molecule has 0 radical (unpaired) electrons. The smallest absolute Gasteiger partial charge is 0.309 e. The second kappa shape index (κ2) is 3.68. The average Bonchev–Trinajstić information content (AvgIpc) is 2.77. The van der Waals surface area contributed by atoms with Gasteiger partial charge in [-0.2, -0.15) is 5.10 Å². The van der Waals surface area contributed by atoms with Crippen LogP contribution in [-0.4, -0.2) is 20.9 Å². The van der Waals surface area contributed by atoms with E-state index in [9.17, 15) is 9.90 Å². The minimum Gasteiger partial charge on any atom is -0.481 e. The monoisotopic (exact) mass is 208 g/mol. The lowest BCUT2D eigenvalue weighted by molar-refractivity contribution is -0.148. The molecule has 1 aromatic rings. The van der Waals surface area contributed by atoms with E-state index in [1.54, 1.807) is 10.9 Å². The van der Waals surface area contributed by atoms with E-state index in [4.69, 9.17) is 0 Å². The molecular weight excluding hydrogens is 192 g/mol. The Morgan fingerprint density at radius 3 is 2.73 bits per heavy atom. The highest BCUT2D eigenvalue weighted by Crippen LogP contribution is 2.41. The third-order valence-corrected chi connectivity index (χ3v) is 3.32.